The number of carbonyl (C=O) groups excluding carboxylic acids is 1. The highest BCUT2D eigenvalue weighted by atomic mass is 31.0. The highest BCUT2D eigenvalue weighted by Crippen LogP contribution is 2.02. The van der Waals surface area contributed by atoms with Crippen molar-refractivity contribution in [2.24, 2.45) is 0 Å². The van der Waals surface area contributed by atoms with Crippen LogP contribution in [0.3, 0.4) is 0 Å². The molecule has 3 heteroatoms. The molecule has 0 radical (unpaired) electrons. The molecule has 0 bridgehead atoms. The van der Waals surface area contributed by atoms with Crippen molar-refractivity contribution in [2.75, 3.05) is 0 Å². The van der Waals surface area contributed by atoms with Crippen molar-refractivity contribution in [1.82, 2.24) is 5.09 Å². The number of hydrogen-bond donors (Lipinski definition) is 1. The molecule has 1 N–H and O–H groups in total. The van der Waals surface area contributed by atoms with Gasteiger partial charge in [0.05, 0.1) is 0 Å². The van der Waals surface area contributed by atoms with E-state index in [2.05, 4.69) is 14.5 Å². The molecule has 0 heterocycles. The number of rotatable bonds is 1. The van der Waals surface area contributed by atoms with Crippen molar-refractivity contribution in [1.29, 1.82) is 0 Å². The van der Waals surface area contributed by atoms with Gasteiger partial charge in [0.15, 0.2) is 5.78 Å². The topological polar surface area (TPSA) is 29.1 Å². The van der Waals surface area contributed by atoms with Crippen LogP contribution in [-0.4, -0.2) is 5.78 Å². The first-order chi connectivity index (χ1) is 3.83. The van der Waals surface area contributed by atoms with Gasteiger partial charge < -0.3 is 5.09 Å². The molecular formula is C5H6NOP. The Labute approximate surface area is 49.9 Å². The van der Waals surface area contributed by atoms with Crippen LogP contribution < -0.4 is 5.09 Å². The monoisotopic (exact) mass is 127 g/mol. The lowest BCUT2D eigenvalue weighted by molar-refractivity contribution is -0.110. The number of ketones is 1. The number of hydrogen-bond acceptors (Lipinski definition) is 2. The van der Waals surface area contributed by atoms with E-state index in [1.54, 1.807) is 6.08 Å². The lowest BCUT2D eigenvalue weighted by Gasteiger charge is -1.89. The van der Waals surface area contributed by atoms with Crippen LogP contribution in [0, 0.1) is 0 Å². The fraction of sp³-hybridized carbons (Fsp3) is 0. The van der Waals surface area contributed by atoms with Crippen LogP contribution in [0.25, 0.3) is 0 Å². The van der Waals surface area contributed by atoms with Crippen LogP contribution in [0.2, 0.25) is 0 Å². The largest absolute Gasteiger partial charge is 0.369 e. The number of allylic oxidation sites excluding steroid dienone is 3. The molecule has 2 nitrogen and oxygen atoms in total. The summed E-state index contributed by atoms with van der Waals surface area (Å²) in [6.45, 7) is 0. The Balaban J connectivity index is 2.72. The maximum absolute atomic E-state index is 10.4. The predicted molar refractivity (Wildman–Crippen MR) is 35.1 cm³/mol. The van der Waals surface area contributed by atoms with Gasteiger partial charge in [0.2, 0.25) is 0 Å². The molecule has 42 valence electrons. The van der Waals surface area contributed by atoms with Gasteiger partial charge in [-0.1, -0.05) is 0 Å². The normalized spacial score (nSPS) is 16.6. The summed E-state index contributed by atoms with van der Waals surface area (Å²) < 4.78 is 0. The van der Waals surface area contributed by atoms with Gasteiger partial charge in [0, 0.05) is 11.8 Å². The molecule has 0 saturated carbocycles. The summed E-state index contributed by atoms with van der Waals surface area (Å²) in [7, 11) is 2.32. The predicted octanol–water partition coefficient (Wildman–Crippen LogP) is 0.389. The van der Waals surface area contributed by atoms with Crippen molar-refractivity contribution in [2.45, 2.75) is 0 Å². The van der Waals surface area contributed by atoms with Crippen molar-refractivity contribution >= 4 is 15.2 Å². The second-order valence-electron chi connectivity index (χ2n) is 1.48. The van der Waals surface area contributed by atoms with E-state index in [0.717, 1.165) is 5.70 Å². The van der Waals surface area contributed by atoms with E-state index in [-0.39, 0.29) is 5.78 Å². The lowest BCUT2D eigenvalue weighted by atomic mass is 10.4. The third kappa shape index (κ3) is 0.958. The second kappa shape index (κ2) is 2.10. The lowest BCUT2D eigenvalue weighted by Crippen LogP contribution is -1.91. The van der Waals surface area contributed by atoms with Gasteiger partial charge in [-0.15, -0.1) is 0 Å². The molecule has 0 spiro atoms. The van der Waals surface area contributed by atoms with Crippen molar-refractivity contribution in [3.8, 4) is 0 Å². The summed E-state index contributed by atoms with van der Waals surface area (Å²) in [5.41, 5.74) is 0.847. The maximum atomic E-state index is 10.4. The zero-order chi connectivity index (χ0) is 5.98. The molecule has 0 aromatic rings. The van der Waals surface area contributed by atoms with Gasteiger partial charge >= 0.3 is 0 Å². The van der Waals surface area contributed by atoms with Crippen LogP contribution >= 0.6 is 9.39 Å². The van der Waals surface area contributed by atoms with Gasteiger partial charge in [-0.25, -0.2) is 0 Å². The minimum atomic E-state index is 0.0509. The smallest absolute Gasteiger partial charge is 0.180 e. The highest BCUT2D eigenvalue weighted by molar-refractivity contribution is 7.14. The fourth-order valence-corrected chi connectivity index (χ4v) is 0.691. The maximum Gasteiger partial charge on any atom is 0.180 e. The Morgan fingerprint density at radius 1 is 1.50 bits per heavy atom. The third-order valence-corrected chi connectivity index (χ3v) is 1.22. The number of nitrogens with one attached hydrogen (secondary N) is 1. The quantitative estimate of drug-likeness (QED) is 0.516. The van der Waals surface area contributed by atoms with E-state index in [1.807, 2.05) is 0 Å². The van der Waals surface area contributed by atoms with Crippen molar-refractivity contribution in [3.63, 3.8) is 0 Å². The first-order valence-corrected chi connectivity index (χ1v) is 2.81. The Morgan fingerprint density at radius 3 is 2.50 bits per heavy atom. The van der Waals surface area contributed by atoms with Crippen LogP contribution in [0.5, 0.6) is 0 Å². The second-order valence-corrected chi connectivity index (χ2v) is 1.77. The first-order valence-electron chi connectivity index (χ1n) is 2.23. The molecule has 0 aromatic carbocycles. The summed E-state index contributed by atoms with van der Waals surface area (Å²) in [5.74, 6) is 0.0509. The zero-order valence-electron chi connectivity index (χ0n) is 4.22. The molecule has 1 rings (SSSR count). The fourth-order valence-electron chi connectivity index (χ4n) is 0.511. The summed E-state index contributed by atoms with van der Waals surface area (Å²) in [5, 5.41) is 2.76. The first kappa shape index (κ1) is 5.52. The summed E-state index contributed by atoms with van der Waals surface area (Å²) in [6.07, 6.45) is 4.79. The van der Waals surface area contributed by atoms with E-state index >= 15 is 0 Å². The standard InChI is InChI=1S/C5H6NOP/c7-5-2-1-4(3-5)6-8/h1-3,6H,8H2. The molecule has 0 saturated heterocycles. The average molecular weight is 127 g/mol. The van der Waals surface area contributed by atoms with E-state index in [0.29, 0.717) is 0 Å². The summed E-state index contributed by atoms with van der Waals surface area (Å²) in [4.78, 5) is 10.4. The third-order valence-electron chi connectivity index (χ3n) is 0.892. The highest BCUT2D eigenvalue weighted by Gasteiger charge is 1.99. The Kier molecular flexibility index (Phi) is 1.45. The van der Waals surface area contributed by atoms with Crippen LogP contribution in [0.1, 0.15) is 0 Å². The summed E-state index contributed by atoms with van der Waals surface area (Å²) >= 11 is 0. The molecular weight excluding hydrogens is 121 g/mol. The van der Waals surface area contributed by atoms with E-state index in [1.165, 1.54) is 12.2 Å². The zero-order valence-corrected chi connectivity index (χ0v) is 5.37. The van der Waals surface area contributed by atoms with E-state index < -0.39 is 0 Å². The van der Waals surface area contributed by atoms with Crippen LogP contribution in [-0.2, 0) is 4.79 Å². The van der Waals surface area contributed by atoms with E-state index in [9.17, 15) is 4.79 Å². The van der Waals surface area contributed by atoms with Gasteiger partial charge in [-0.2, -0.15) is 0 Å². The van der Waals surface area contributed by atoms with Crippen LogP contribution in [0.4, 0.5) is 0 Å². The SMILES string of the molecule is O=C1C=CC(NP)=C1. The Hall–Kier alpha value is -0.620. The molecule has 0 amide bonds. The molecule has 1 unspecified atom stereocenters. The molecule has 1 atom stereocenters. The van der Waals surface area contributed by atoms with Gasteiger partial charge in [-0.3, -0.25) is 4.79 Å². The Morgan fingerprint density at radius 2 is 2.25 bits per heavy atom. The van der Waals surface area contributed by atoms with Gasteiger partial charge in [0.1, 0.15) is 0 Å². The molecule has 1 aliphatic carbocycles. The molecule has 1 aliphatic rings. The van der Waals surface area contributed by atoms with Crippen molar-refractivity contribution in [3.05, 3.63) is 23.9 Å². The number of carbonyl (C=O) groups is 1. The van der Waals surface area contributed by atoms with Gasteiger partial charge in [-0.05, 0) is 21.5 Å². The Bertz CT molecular complexity index is 171. The minimum absolute atomic E-state index is 0.0509. The molecule has 0 aliphatic heterocycles. The minimum Gasteiger partial charge on any atom is -0.369 e. The van der Waals surface area contributed by atoms with Gasteiger partial charge in [0.25, 0.3) is 0 Å². The summed E-state index contributed by atoms with van der Waals surface area (Å²) in [6, 6.07) is 0. The van der Waals surface area contributed by atoms with Crippen LogP contribution in [0.15, 0.2) is 23.9 Å². The molecule has 0 aromatic heterocycles. The van der Waals surface area contributed by atoms with Crippen molar-refractivity contribution < 1.29 is 4.79 Å². The average Bonchev–Trinajstić information content (AvgIpc) is 2.14. The molecule has 8 heavy (non-hydrogen) atoms. The molecule has 0 fully saturated rings. The van der Waals surface area contributed by atoms with E-state index in [4.69, 9.17) is 0 Å².